The van der Waals surface area contributed by atoms with E-state index >= 15 is 0 Å². The SMILES string of the molecule is CCCCCCC(CCC)NC(=O)O. The summed E-state index contributed by atoms with van der Waals surface area (Å²) in [4.78, 5) is 10.5. The van der Waals surface area contributed by atoms with Crippen molar-refractivity contribution >= 4 is 6.09 Å². The highest BCUT2D eigenvalue weighted by atomic mass is 16.4. The molecule has 0 saturated heterocycles. The van der Waals surface area contributed by atoms with Gasteiger partial charge >= 0.3 is 6.09 Å². The van der Waals surface area contributed by atoms with E-state index in [1.54, 1.807) is 0 Å². The number of unbranched alkanes of at least 4 members (excludes halogenated alkanes) is 3. The zero-order valence-electron chi connectivity index (χ0n) is 9.38. The molecule has 0 spiro atoms. The molecule has 0 rings (SSSR count). The average molecular weight is 201 g/mol. The lowest BCUT2D eigenvalue weighted by atomic mass is 10.0. The molecule has 1 unspecified atom stereocenters. The van der Waals surface area contributed by atoms with Crippen molar-refractivity contribution in [2.45, 2.75) is 64.8 Å². The Hall–Kier alpha value is -0.730. The first kappa shape index (κ1) is 13.3. The second-order valence-electron chi connectivity index (χ2n) is 3.78. The van der Waals surface area contributed by atoms with Gasteiger partial charge in [-0.25, -0.2) is 4.79 Å². The van der Waals surface area contributed by atoms with Gasteiger partial charge in [0.25, 0.3) is 0 Å². The predicted octanol–water partition coefficient (Wildman–Crippen LogP) is 3.39. The number of amides is 1. The van der Waals surface area contributed by atoms with E-state index in [4.69, 9.17) is 5.11 Å². The molecule has 0 aliphatic heterocycles. The van der Waals surface area contributed by atoms with Crippen LogP contribution < -0.4 is 5.32 Å². The van der Waals surface area contributed by atoms with Crippen molar-refractivity contribution in [2.75, 3.05) is 0 Å². The van der Waals surface area contributed by atoms with Gasteiger partial charge in [-0.05, 0) is 12.8 Å². The molecule has 0 aliphatic rings. The monoisotopic (exact) mass is 201 g/mol. The van der Waals surface area contributed by atoms with Crippen LogP contribution in [0.1, 0.15) is 58.8 Å². The molecular weight excluding hydrogens is 178 g/mol. The number of carbonyl (C=O) groups is 1. The summed E-state index contributed by atoms with van der Waals surface area (Å²) in [6, 6.07) is 0.161. The van der Waals surface area contributed by atoms with E-state index in [2.05, 4.69) is 19.2 Å². The van der Waals surface area contributed by atoms with Crippen LogP contribution in [0.3, 0.4) is 0 Å². The first-order valence-corrected chi connectivity index (χ1v) is 5.70. The first-order valence-electron chi connectivity index (χ1n) is 5.70. The predicted molar refractivity (Wildman–Crippen MR) is 58.6 cm³/mol. The second kappa shape index (κ2) is 8.85. The molecule has 0 bridgehead atoms. The molecule has 0 aromatic carbocycles. The molecule has 1 atom stereocenters. The Bertz CT molecular complexity index is 148. The van der Waals surface area contributed by atoms with Gasteiger partial charge < -0.3 is 10.4 Å². The van der Waals surface area contributed by atoms with Gasteiger partial charge in [-0.1, -0.05) is 46.0 Å². The van der Waals surface area contributed by atoms with Crippen LogP contribution in [0.25, 0.3) is 0 Å². The highest BCUT2D eigenvalue weighted by Crippen LogP contribution is 2.09. The largest absolute Gasteiger partial charge is 0.465 e. The summed E-state index contributed by atoms with van der Waals surface area (Å²) in [5, 5.41) is 11.2. The zero-order chi connectivity index (χ0) is 10.8. The standard InChI is InChI=1S/C11H23NO2/c1-3-5-6-7-9-10(8-4-2)12-11(13)14/h10,12H,3-9H2,1-2H3,(H,13,14). The van der Waals surface area contributed by atoms with Crippen LogP contribution in [-0.4, -0.2) is 17.2 Å². The minimum absolute atomic E-state index is 0.161. The van der Waals surface area contributed by atoms with Gasteiger partial charge in [0.05, 0.1) is 0 Å². The van der Waals surface area contributed by atoms with Gasteiger partial charge in [-0.15, -0.1) is 0 Å². The van der Waals surface area contributed by atoms with Crippen LogP contribution in [0, 0.1) is 0 Å². The fourth-order valence-corrected chi connectivity index (χ4v) is 1.63. The Morgan fingerprint density at radius 2 is 1.86 bits per heavy atom. The number of hydrogen-bond donors (Lipinski definition) is 2. The summed E-state index contributed by atoms with van der Waals surface area (Å²) in [6.45, 7) is 4.27. The molecule has 3 nitrogen and oxygen atoms in total. The highest BCUT2D eigenvalue weighted by molar-refractivity contribution is 5.64. The third-order valence-electron chi connectivity index (χ3n) is 2.37. The maximum atomic E-state index is 10.5. The second-order valence-corrected chi connectivity index (χ2v) is 3.78. The number of carboxylic acid groups (broad SMARTS) is 1. The minimum atomic E-state index is -0.890. The van der Waals surface area contributed by atoms with Crippen molar-refractivity contribution < 1.29 is 9.90 Å². The molecule has 0 radical (unpaired) electrons. The Kier molecular flexibility index (Phi) is 8.39. The maximum absolute atomic E-state index is 10.5. The van der Waals surface area contributed by atoms with Gasteiger partial charge in [-0.3, -0.25) is 0 Å². The number of rotatable bonds is 8. The average Bonchev–Trinajstić information content (AvgIpc) is 2.12. The Balaban J connectivity index is 3.56. The van der Waals surface area contributed by atoms with Crippen molar-refractivity contribution in [3.05, 3.63) is 0 Å². The molecule has 14 heavy (non-hydrogen) atoms. The fraction of sp³-hybridized carbons (Fsp3) is 0.909. The molecule has 3 heteroatoms. The van der Waals surface area contributed by atoms with Gasteiger partial charge in [0.1, 0.15) is 0 Å². The smallest absolute Gasteiger partial charge is 0.404 e. The Labute approximate surface area is 86.9 Å². The lowest BCUT2D eigenvalue weighted by Crippen LogP contribution is -2.33. The van der Waals surface area contributed by atoms with E-state index in [-0.39, 0.29) is 6.04 Å². The van der Waals surface area contributed by atoms with Crippen molar-refractivity contribution in [1.29, 1.82) is 0 Å². The van der Waals surface area contributed by atoms with Crippen LogP contribution in [-0.2, 0) is 0 Å². The van der Waals surface area contributed by atoms with Crippen LogP contribution in [0.2, 0.25) is 0 Å². The maximum Gasteiger partial charge on any atom is 0.404 e. The highest BCUT2D eigenvalue weighted by Gasteiger charge is 2.09. The van der Waals surface area contributed by atoms with E-state index < -0.39 is 6.09 Å². The molecule has 0 saturated carbocycles. The molecule has 0 aromatic rings. The lowest BCUT2D eigenvalue weighted by molar-refractivity contribution is 0.188. The number of nitrogens with one attached hydrogen (secondary N) is 1. The van der Waals surface area contributed by atoms with Crippen molar-refractivity contribution in [3.8, 4) is 0 Å². The first-order chi connectivity index (χ1) is 6.70. The van der Waals surface area contributed by atoms with E-state index in [1.807, 2.05) is 0 Å². The quantitative estimate of drug-likeness (QED) is 0.591. The Morgan fingerprint density at radius 1 is 1.14 bits per heavy atom. The van der Waals surface area contributed by atoms with Crippen molar-refractivity contribution in [2.24, 2.45) is 0 Å². The summed E-state index contributed by atoms with van der Waals surface area (Å²) in [6.07, 6.45) is 6.93. The molecule has 0 aromatic heterocycles. The Morgan fingerprint density at radius 3 is 2.36 bits per heavy atom. The van der Waals surface area contributed by atoms with Crippen LogP contribution in [0.5, 0.6) is 0 Å². The normalized spacial score (nSPS) is 12.4. The zero-order valence-corrected chi connectivity index (χ0v) is 9.38. The van der Waals surface area contributed by atoms with Crippen LogP contribution in [0.15, 0.2) is 0 Å². The van der Waals surface area contributed by atoms with E-state index in [9.17, 15) is 4.79 Å². The third kappa shape index (κ3) is 7.90. The lowest BCUT2D eigenvalue weighted by Gasteiger charge is -2.15. The van der Waals surface area contributed by atoms with Gasteiger partial charge in [0, 0.05) is 6.04 Å². The summed E-state index contributed by atoms with van der Waals surface area (Å²) in [7, 11) is 0. The molecule has 84 valence electrons. The summed E-state index contributed by atoms with van der Waals surface area (Å²) in [5.74, 6) is 0. The van der Waals surface area contributed by atoms with Gasteiger partial charge in [0.15, 0.2) is 0 Å². The van der Waals surface area contributed by atoms with Gasteiger partial charge in [-0.2, -0.15) is 0 Å². The minimum Gasteiger partial charge on any atom is -0.465 e. The van der Waals surface area contributed by atoms with Crippen molar-refractivity contribution in [1.82, 2.24) is 5.32 Å². The molecule has 1 amide bonds. The van der Waals surface area contributed by atoms with Crippen LogP contribution in [0.4, 0.5) is 4.79 Å². The number of hydrogen-bond acceptors (Lipinski definition) is 1. The molecular formula is C11H23NO2. The van der Waals surface area contributed by atoms with E-state index in [0.717, 1.165) is 25.7 Å². The van der Waals surface area contributed by atoms with Gasteiger partial charge in [0.2, 0.25) is 0 Å². The molecule has 0 fully saturated rings. The fourth-order valence-electron chi connectivity index (χ4n) is 1.63. The molecule has 0 aliphatic carbocycles. The van der Waals surface area contributed by atoms with Crippen LogP contribution >= 0.6 is 0 Å². The summed E-state index contributed by atoms with van der Waals surface area (Å²) >= 11 is 0. The molecule has 0 heterocycles. The third-order valence-corrected chi connectivity index (χ3v) is 2.37. The summed E-state index contributed by atoms with van der Waals surface area (Å²) in [5.41, 5.74) is 0. The van der Waals surface area contributed by atoms with Crippen molar-refractivity contribution in [3.63, 3.8) is 0 Å². The van der Waals surface area contributed by atoms with E-state index in [1.165, 1.54) is 19.3 Å². The topological polar surface area (TPSA) is 49.3 Å². The summed E-state index contributed by atoms with van der Waals surface area (Å²) < 4.78 is 0. The van der Waals surface area contributed by atoms with E-state index in [0.29, 0.717) is 0 Å². The molecule has 2 N–H and O–H groups in total.